The van der Waals surface area contributed by atoms with Crippen molar-refractivity contribution in [3.63, 3.8) is 0 Å². The second kappa shape index (κ2) is 2.69. The van der Waals surface area contributed by atoms with Gasteiger partial charge in [0.05, 0.1) is 15.5 Å². The summed E-state index contributed by atoms with van der Waals surface area (Å²) < 4.78 is 2.12. The van der Waals surface area contributed by atoms with Gasteiger partial charge in [0.25, 0.3) is 0 Å². The Morgan fingerprint density at radius 2 is 2.00 bits per heavy atom. The van der Waals surface area contributed by atoms with Gasteiger partial charge in [-0.1, -0.05) is 12.1 Å². The maximum atomic E-state index is 11.6. The Hall–Kier alpha value is -1.61. The third kappa shape index (κ3) is 0.930. The molecule has 0 unspecified atom stereocenters. The molecule has 3 heteroatoms. The smallest absolute Gasteiger partial charge is 0.225 e. The van der Waals surface area contributed by atoms with Gasteiger partial charge in [-0.05, 0) is 17.5 Å². The Kier molecular flexibility index (Phi) is 1.49. The molecule has 0 atom stereocenters. The molecule has 0 aliphatic heterocycles. The molecule has 0 N–H and O–H groups in total. The molecule has 0 spiro atoms. The highest BCUT2D eigenvalue weighted by molar-refractivity contribution is 7.18. The van der Waals surface area contributed by atoms with Gasteiger partial charge in [0, 0.05) is 6.07 Å². The quantitative estimate of drug-likeness (QED) is 0.406. The highest BCUT2D eigenvalue weighted by Gasteiger charge is 2.08. The first-order valence-electron chi connectivity index (χ1n) is 4.34. The number of thiophene rings is 1. The lowest BCUT2D eigenvalue weighted by atomic mass is 10.2. The average molecular weight is 201 g/mol. The molecular weight excluding hydrogens is 194 g/mol. The van der Waals surface area contributed by atoms with Crippen molar-refractivity contribution in [1.29, 1.82) is 0 Å². The summed E-state index contributed by atoms with van der Waals surface area (Å²) in [7, 11) is 0. The fourth-order valence-electron chi connectivity index (χ4n) is 1.69. The maximum Gasteiger partial charge on any atom is 0.225 e. The van der Waals surface area contributed by atoms with Crippen molar-refractivity contribution in [3.8, 4) is 0 Å². The van der Waals surface area contributed by atoms with Crippen molar-refractivity contribution in [2.45, 2.75) is 0 Å². The molecule has 68 valence electrons. The summed E-state index contributed by atoms with van der Waals surface area (Å²) in [6, 6.07) is 9.66. The van der Waals surface area contributed by atoms with Gasteiger partial charge < -0.3 is 5.21 Å². The minimum Gasteiger partial charge on any atom is -0.618 e. The second-order valence-corrected chi connectivity index (χ2v) is 4.09. The lowest BCUT2D eigenvalue weighted by Gasteiger charge is -2.01. The predicted octanol–water partition coefficient (Wildman–Crippen LogP) is 2.69. The van der Waals surface area contributed by atoms with Crippen LogP contribution in [0, 0.1) is 5.21 Å². The summed E-state index contributed by atoms with van der Waals surface area (Å²) >= 11 is 1.67. The summed E-state index contributed by atoms with van der Waals surface area (Å²) in [4.78, 5) is 0. The molecule has 0 aliphatic carbocycles. The van der Waals surface area contributed by atoms with E-state index in [9.17, 15) is 5.21 Å². The molecule has 1 aromatic carbocycles. The molecule has 3 aromatic rings. The summed E-state index contributed by atoms with van der Waals surface area (Å²) in [5.41, 5.74) is 0.738. The topological polar surface area (TPSA) is 26.9 Å². The van der Waals surface area contributed by atoms with E-state index in [4.69, 9.17) is 0 Å². The number of aromatic nitrogens is 1. The molecule has 0 radical (unpaired) electrons. The van der Waals surface area contributed by atoms with Gasteiger partial charge in [0.1, 0.15) is 0 Å². The van der Waals surface area contributed by atoms with Crippen LogP contribution in [0.25, 0.3) is 21.0 Å². The van der Waals surface area contributed by atoms with Gasteiger partial charge in [0.2, 0.25) is 5.52 Å². The van der Waals surface area contributed by atoms with Crippen LogP contribution in [-0.2, 0) is 0 Å². The van der Waals surface area contributed by atoms with Crippen LogP contribution in [-0.4, -0.2) is 0 Å². The number of fused-ring (bicyclic) bond motifs is 3. The molecule has 0 aliphatic rings. The zero-order valence-corrected chi connectivity index (χ0v) is 8.12. The Bertz CT molecular complexity index is 615. The molecule has 0 fully saturated rings. The molecule has 0 amide bonds. The second-order valence-electron chi connectivity index (χ2n) is 3.18. The monoisotopic (exact) mass is 201 g/mol. The SMILES string of the molecule is [O-][n+]1cc2ccsc2c2ccccc21. The minimum absolute atomic E-state index is 0.738. The summed E-state index contributed by atoms with van der Waals surface area (Å²) in [6.07, 6.45) is 1.63. The first kappa shape index (κ1) is 7.76. The number of nitrogens with zero attached hydrogens (tertiary/aromatic N) is 1. The number of pyridine rings is 1. The number of rotatable bonds is 0. The highest BCUT2D eigenvalue weighted by Crippen LogP contribution is 2.26. The Morgan fingerprint density at radius 1 is 1.14 bits per heavy atom. The molecule has 3 rings (SSSR count). The van der Waals surface area contributed by atoms with Crippen molar-refractivity contribution in [2.24, 2.45) is 0 Å². The van der Waals surface area contributed by atoms with Gasteiger partial charge in [-0.25, -0.2) is 0 Å². The van der Waals surface area contributed by atoms with Crippen LogP contribution in [0.1, 0.15) is 0 Å². The molecule has 2 aromatic heterocycles. The molecule has 14 heavy (non-hydrogen) atoms. The molecule has 0 bridgehead atoms. The van der Waals surface area contributed by atoms with Crippen LogP contribution in [0.3, 0.4) is 0 Å². The van der Waals surface area contributed by atoms with Crippen LogP contribution in [0.5, 0.6) is 0 Å². The summed E-state index contributed by atoms with van der Waals surface area (Å²) in [5, 5.41) is 15.7. The van der Waals surface area contributed by atoms with E-state index >= 15 is 0 Å². The van der Waals surface area contributed by atoms with E-state index in [1.165, 1.54) is 4.70 Å². The summed E-state index contributed by atoms with van der Waals surface area (Å²) in [5.74, 6) is 0. The van der Waals surface area contributed by atoms with Gasteiger partial charge >= 0.3 is 0 Å². The van der Waals surface area contributed by atoms with Gasteiger partial charge in [-0.15, -0.1) is 11.3 Å². The summed E-state index contributed by atoms with van der Waals surface area (Å²) in [6.45, 7) is 0. The fraction of sp³-hybridized carbons (Fsp3) is 0. The predicted molar refractivity (Wildman–Crippen MR) is 58.3 cm³/mol. The minimum atomic E-state index is 0.738. The van der Waals surface area contributed by atoms with E-state index in [0.717, 1.165) is 21.0 Å². The van der Waals surface area contributed by atoms with Crippen molar-refractivity contribution < 1.29 is 4.73 Å². The zero-order chi connectivity index (χ0) is 9.54. The van der Waals surface area contributed by atoms with Crippen LogP contribution in [0.15, 0.2) is 41.9 Å². The van der Waals surface area contributed by atoms with E-state index in [2.05, 4.69) is 0 Å². The fourth-order valence-corrected chi connectivity index (χ4v) is 2.60. The van der Waals surface area contributed by atoms with Crippen molar-refractivity contribution >= 4 is 32.3 Å². The van der Waals surface area contributed by atoms with Crippen LogP contribution < -0.4 is 4.73 Å². The van der Waals surface area contributed by atoms with Crippen molar-refractivity contribution in [1.82, 2.24) is 0 Å². The Labute approximate surface area is 84.6 Å². The molecule has 2 nitrogen and oxygen atoms in total. The maximum absolute atomic E-state index is 11.6. The van der Waals surface area contributed by atoms with Crippen LogP contribution >= 0.6 is 11.3 Å². The van der Waals surface area contributed by atoms with Gasteiger partial charge in [0.15, 0.2) is 6.20 Å². The molecule has 2 heterocycles. The third-order valence-electron chi connectivity index (χ3n) is 2.34. The third-order valence-corrected chi connectivity index (χ3v) is 3.30. The van der Waals surface area contributed by atoms with E-state index in [-0.39, 0.29) is 0 Å². The Morgan fingerprint density at radius 3 is 2.93 bits per heavy atom. The number of hydrogen-bond acceptors (Lipinski definition) is 2. The van der Waals surface area contributed by atoms with Gasteiger partial charge in [-0.2, -0.15) is 4.73 Å². The molecule has 0 saturated carbocycles. The lowest BCUT2D eigenvalue weighted by molar-refractivity contribution is -0.575. The standard InChI is InChI=1S/C11H7NOS/c13-12-7-8-5-6-14-11(8)9-3-1-2-4-10(9)12/h1-7H. The average Bonchev–Trinajstić information content (AvgIpc) is 2.66. The lowest BCUT2D eigenvalue weighted by Crippen LogP contribution is -2.25. The largest absolute Gasteiger partial charge is 0.618 e. The van der Waals surface area contributed by atoms with Gasteiger partial charge in [-0.3, -0.25) is 0 Å². The number of benzene rings is 1. The molecular formula is C11H7NOS. The normalized spacial score (nSPS) is 11.1. The number of hydrogen-bond donors (Lipinski definition) is 0. The molecule has 0 saturated heterocycles. The van der Waals surface area contributed by atoms with E-state index in [1.54, 1.807) is 17.5 Å². The zero-order valence-electron chi connectivity index (χ0n) is 7.31. The van der Waals surface area contributed by atoms with Crippen LogP contribution in [0.4, 0.5) is 0 Å². The first-order chi connectivity index (χ1) is 6.86. The van der Waals surface area contributed by atoms with Crippen molar-refractivity contribution in [3.05, 3.63) is 47.1 Å². The van der Waals surface area contributed by atoms with E-state index in [0.29, 0.717) is 0 Å². The Balaban J connectivity index is 2.67. The van der Waals surface area contributed by atoms with Crippen molar-refractivity contribution in [2.75, 3.05) is 0 Å². The van der Waals surface area contributed by atoms with E-state index in [1.807, 2.05) is 35.7 Å². The highest BCUT2D eigenvalue weighted by atomic mass is 32.1. The van der Waals surface area contributed by atoms with E-state index < -0.39 is 0 Å². The number of para-hydroxylation sites is 1. The van der Waals surface area contributed by atoms with Crippen LogP contribution in [0.2, 0.25) is 0 Å². The first-order valence-corrected chi connectivity index (χ1v) is 5.22.